The van der Waals surface area contributed by atoms with E-state index in [-0.39, 0.29) is 28.1 Å². The number of benzene rings is 2. The Morgan fingerprint density at radius 2 is 1.73 bits per heavy atom. The van der Waals surface area contributed by atoms with E-state index in [4.69, 9.17) is 0 Å². The summed E-state index contributed by atoms with van der Waals surface area (Å²) in [6.07, 6.45) is -2.80. The molecule has 0 aromatic heterocycles. The van der Waals surface area contributed by atoms with Crippen LogP contribution in [0.3, 0.4) is 0 Å². The second kappa shape index (κ2) is 6.64. The number of halogens is 3. The molecule has 0 saturated heterocycles. The van der Waals surface area contributed by atoms with Gasteiger partial charge in [-0.3, -0.25) is 9.52 Å². The number of hydrogen-bond acceptors (Lipinski definition) is 3. The molecule has 0 aliphatic heterocycles. The number of alkyl halides is 3. The van der Waals surface area contributed by atoms with Crippen molar-refractivity contribution >= 4 is 21.6 Å². The van der Waals surface area contributed by atoms with Crippen LogP contribution in [-0.4, -0.2) is 20.4 Å². The Labute approximate surface area is 148 Å². The predicted octanol–water partition coefficient (Wildman–Crippen LogP) is 3.40. The Hall–Kier alpha value is -2.55. The van der Waals surface area contributed by atoms with Crippen LogP contribution in [0.15, 0.2) is 53.4 Å². The van der Waals surface area contributed by atoms with Crippen LogP contribution in [0.25, 0.3) is 0 Å². The number of amides is 1. The van der Waals surface area contributed by atoms with Gasteiger partial charge in [0.1, 0.15) is 0 Å². The summed E-state index contributed by atoms with van der Waals surface area (Å²) < 4.78 is 65.3. The van der Waals surface area contributed by atoms with Gasteiger partial charge >= 0.3 is 6.18 Å². The van der Waals surface area contributed by atoms with Crippen LogP contribution in [0.2, 0.25) is 0 Å². The molecule has 138 valence electrons. The summed E-state index contributed by atoms with van der Waals surface area (Å²) in [5, 5.41) is 2.74. The van der Waals surface area contributed by atoms with Gasteiger partial charge in [0.05, 0.1) is 10.5 Å². The molecule has 5 nitrogen and oxygen atoms in total. The fourth-order valence-electron chi connectivity index (χ4n) is 2.27. The normalized spacial score (nSPS) is 14.7. The molecule has 0 spiro atoms. The lowest BCUT2D eigenvalue weighted by molar-refractivity contribution is -0.137. The van der Waals surface area contributed by atoms with Gasteiger partial charge in [0.2, 0.25) is 0 Å². The van der Waals surface area contributed by atoms with Crippen molar-refractivity contribution < 1.29 is 26.4 Å². The van der Waals surface area contributed by atoms with Crippen molar-refractivity contribution in [2.75, 3.05) is 4.72 Å². The lowest BCUT2D eigenvalue weighted by Crippen LogP contribution is -2.25. The Kier molecular flexibility index (Phi) is 4.66. The highest BCUT2D eigenvalue weighted by molar-refractivity contribution is 7.92. The smallest absolute Gasteiger partial charge is 0.349 e. The number of nitrogens with one attached hydrogen (secondary N) is 2. The second-order valence-corrected chi connectivity index (χ2v) is 7.64. The van der Waals surface area contributed by atoms with Gasteiger partial charge in [-0.2, -0.15) is 13.2 Å². The van der Waals surface area contributed by atoms with E-state index >= 15 is 0 Å². The van der Waals surface area contributed by atoms with Crippen molar-refractivity contribution in [3.8, 4) is 0 Å². The summed E-state index contributed by atoms with van der Waals surface area (Å²) in [7, 11) is -4.14. The van der Waals surface area contributed by atoms with Gasteiger partial charge in [-0.25, -0.2) is 8.42 Å². The third-order valence-corrected chi connectivity index (χ3v) is 5.14. The number of hydrogen-bond donors (Lipinski definition) is 2. The maximum atomic E-state index is 12.8. The maximum absolute atomic E-state index is 12.8. The first-order chi connectivity index (χ1) is 12.1. The molecule has 2 N–H and O–H groups in total. The van der Waals surface area contributed by atoms with E-state index in [1.165, 1.54) is 30.3 Å². The van der Waals surface area contributed by atoms with Crippen molar-refractivity contribution in [1.82, 2.24) is 5.32 Å². The van der Waals surface area contributed by atoms with Crippen molar-refractivity contribution in [3.63, 3.8) is 0 Å². The van der Waals surface area contributed by atoms with E-state index in [1.807, 2.05) is 0 Å². The Bertz CT molecular complexity index is 938. The molecule has 26 heavy (non-hydrogen) atoms. The van der Waals surface area contributed by atoms with E-state index in [0.29, 0.717) is 6.07 Å². The van der Waals surface area contributed by atoms with Gasteiger partial charge in [0.25, 0.3) is 15.9 Å². The van der Waals surface area contributed by atoms with Gasteiger partial charge in [-0.1, -0.05) is 12.1 Å². The van der Waals surface area contributed by atoms with Gasteiger partial charge in [0, 0.05) is 17.3 Å². The minimum atomic E-state index is -4.58. The standard InChI is InChI=1S/C17H15F3N2O3S/c18-17(19,20)12-4-2-5-14(10-12)22-26(24,25)15-6-1-3-11(9-15)16(23)21-13-7-8-13/h1-6,9-10,13,22H,7-8H2,(H,21,23). The first kappa shape index (κ1) is 18.2. The number of carbonyl (C=O) groups excluding carboxylic acids is 1. The molecule has 1 amide bonds. The molecule has 1 saturated carbocycles. The summed E-state index contributed by atoms with van der Waals surface area (Å²) in [6, 6.07) is 9.34. The number of carbonyl (C=O) groups is 1. The van der Waals surface area contributed by atoms with E-state index in [9.17, 15) is 26.4 Å². The molecule has 0 atom stereocenters. The topological polar surface area (TPSA) is 75.3 Å². The average Bonchev–Trinajstić information content (AvgIpc) is 3.38. The zero-order chi connectivity index (χ0) is 18.9. The van der Waals surface area contributed by atoms with E-state index in [2.05, 4.69) is 10.0 Å². The SMILES string of the molecule is O=C(NC1CC1)c1cccc(S(=O)(=O)Nc2cccc(C(F)(F)F)c2)c1. The zero-order valence-electron chi connectivity index (χ0n) is 13.4. The lowest BCUT2D eigenvalue weighted by Gasteiger charge is -2.12. The second-order valence-electron chi connectivity index (χ2n) is 5.96. The van der Waals surface area contributed by atoms with Crippen LogP contribution >= 0.6 is 0 Å². The molecule has 1 aliphatic carbocycles. The molecule has 2 aromatic rings. The highest BCUT2D eigenvalue weighted by Gasteiger charge is 2.31. The van der Waals surface area contributed by atoms with E-state index in [1.54, 1.807) is 0 Å². The van der Waals surface area contributed by atoms with Crippen LogP contribution in [0.4, 0.5) is 18.9 Å². The molecule has 3 rings (SSSR count). The fourth-order valence-corrected chi connectivity index (χ4v) is 3.37. The maximum Gasteiger partial charge on any atom is 0.416 e. The van der Waals surface area contributed by atoms with Gasteiger partial charge < -0.3 is 5.32 Å². The number of sulfonamides is 1. The molecule has 0 bridgehead atoms. The zero-order valence-corrected chi connectivity index (χ0v) is 14.2. The molecular weight excluding hydrogens is 369 g/mol. The molecule has 9 heteroatoms. The van der Waals surface area contributed by atoms with Crippen LogP contribution < -0.4 is 10.0 Å². The summed E-state index contributed by atoms with van der Waals surface area (Å²) in [4.78, 5) is 11.8. The molecule has 1 aliphatic rings. The van der Waals surface area contributed by atoms with Gasteiger partial charge in [-0.15, -0.1) is 0 Å². The number of anilines is 1. The third-order valence-electron chi connectivity index (χ3n) is 3.76. The minimum absolute atomic E-state index is 0.117. The highest BCUT2D eigenvalue weighted by Crippen LogP contribution is 2.31. The van der Waals surface area contributed by atoms with Gasteiger partial charge in [0.15, 0.2) is 0 Å². The molecule has 0 unspecified atom stereocenters. The quantitative estimate of drug-likeness (QED) is 0.830. The van der Waals surface area contributed by atoms with E-state index in [0.717, 1.165) is 25.0 Å². The first-order valence-electron chi connectivity index (χ1n) is 7.76. The van der Waals surface area contributed by atoms with Crippen molar-refractivity contribution in [2.24, 2.45) is 0 Å². The number of rotatable bonds is 5. The molecule has 1 fully saturated rings. The molecule has 0 radical (unpaired) electrons. The summed E-state index contributed by atoms with van der Waals surface area (Å²) >= 11 is 0. The van der Waals surface area contributed by atoms with Crippen LogP contribution in [0.1, 0.15) is 28.8 Å². The Morgan fingerprint density at radius 1 is 1.04 bits per heavy atom. The minimum Gasteiger partial charge on any atom is -0.349 e. The van der Waals surface area contributed by atoms with Crippen LogP contribution in [-0.2, 0) is 16.2 Å². The molecular formula is C17H15F3N2O3S. The fraction of sp³-hybridized carbons (Fsp3) is 0.235. The van der Waals surface area contributed by atoms with Crippen molar-refractivity contribution in [2.45, 2.75) is 30.0 Å². The molecule has 2 aromatic carbocycles. The first-order valence-corrected chi connectivity index (χ1v) is 9.24. The molecule has 0 heterocycles. The summed E-state index contributed by atoms with van der Waals surface area (Å²) in [5.41, 5.74) is -1.01. The van der Waals surface area contributed by atoms with Gasteiger partial charge in [-0.05, 0) is 49.2 Å². The lowest BCUT2D eigenvalue weighted by atomic mass is 10.2. The van der Waals surface area contributed by atoms with Crippen molar-refractivity contribution in [1.29, 1.82) is 0 Å². The monoisotopic (exact) mass is 384 g/mol. The van der Waals surface area contributed by atoms with E-state index < -0.39 is 21.8 Å². The van der Waals surface area contributed by atoms with Crippen LogP contribution in [0.5, 0.6) is 0 Å². The summed E-state index contributed by atoms with van der Waals surface area (Å²) in [5.74, 6) is -0.386. The van der Waals surface area contributed by atoms with Crippen molar-refractivity contribution in [3.05, 3.63) is 59.7 Å². The predicted molar refractivity (Wildman–Crippen MR) is 89.2 cm³/mol. The average molecular weight is 384 g/mol. The largest absolute Gasteiger partial charge is 0.416 e. The Balaban J connectivity index is 1.83. The Morgan fingerprint density at radius 3 is 2.38 bits per heavy atom. The highest BCUT2D eigenvalue weighted by atomic mass is 32.2. The third kappa shape index (κ3) is 4.34. The van der Waals surface area contributed by atoms with Crippen LogP contribution in [0, 0.1) is 0 Å². The summed E-state index contributed by atoms with van der Waals surface area (Å²) in [6.45, 7) is 0.